The van der Waals surface area contributed by atoms with E-state index in [1.54, 1.807) is 4.90 Å². The highest BCUT2D eigenvalue weighted by molar-refractivity contribution is 5.85. The molecule has 3 atom stereocenters. The van der Waals surface area contributed by atoms with Crippen molar-refractivity contribution in [1.29, 1.82) is 0 Å². The highest BCUT2D eigenvalue weighted by atomic mass is 16.5. The molecular weight excluding hydrogens is 376 g/mol. The summed E-state index contributed by atoms with van der Waals surface area (Å²) in [5, 5.41) is 11.0. The normalized spacial score (nSPS) is 21.7. The van der Waals surface area contributed by atoms with Crippen molar-refractivity contribution in [2.75, 3.05) is 13.1 Å². The standard InChI is InChI=1S/C25H38N2O3/c1-6-7-8-9-16(2)17(3)18-12-21(28)24-19-15-27(23(29)14-26)11-10-20(19)25(4,5)30-22(24)13-18/h12-13,15-17,20,28H,6-11,14,26H2,1-5H3. The summed E-state index contributed by atoms with van der Waals surface area (Å²) in [7, 11) is 0. The fourth-order valence-corrected chi connectivity index (χ4v) is 4.93. The maximum atomic E-state index is 12.2. The Balaban J connectivity index is 1.97. The fourth-order valence-electron chi connectivity index (χ4n) is 4.93. The van der Waals surface area contributed by atoms with Crippen LogP contribution in [0.5, 0.6) is 11.5 Å². The van der Waals surface area contributed by atoms with E-state index in [0.29, 0.717) is 24.1 Å². The lowest BCUT2D eigenvalue weighted by molar-refractivity contribution is -0.127. The number of carbonyl (C=O) groups is 1. The van der Waals surface area contributed by atoms with Crippen molar-refractivity contribution < 1.29 is 14.6 Å². The van der Waals surface area contributed by atoms with Gasteiger partial charge < -0.3 is 20.5 Å². The molecule has 3 rings (SSSR count). The maximum absolute atomic E-state index is 12.2. The first-order valence-corrected chi connectivity index (χ1v) is 11.5. The quantitative estimate of drug-likeness (QED) is 0.614. The second kappa shape index (κ2) is 9.01. The number of ether oxygens (including phenoxy) is 1. The van der Waals surface area contributed by atoms with Gasteiger partial charge in [-0.3, -0.25) is 4.79 Å². The number of hydrogen-bond acceptors (Lipinski definition) is 4. The van der Waals surface area contributed by atoms with E-state index in [4.69, 9.17) is 10.5 Å². The van der Waals surface area contributed by atoms with E-state index in [-0.39, 0.29) is 24.1 Å². The van der Waals surface area contributed by atoms with Crippen LogP contribution < -0.4 is 10.5 Å². The zero-order valence-corrected chi connectivity index (χ0v) is 19.2. The van der Waals surface area contributed by atoms with Gasteiger partial charge in [0.25, 0.3) is 0 Å². The Kier molecular flexibility index (Phi) is 6.81. The van der Waals surface area contributed by atoms with Gasteiger partial charge in [-0.2, -0.15) is 0 Å². The van der Waals surface area contributed by atoms with Crippen molar-refractivity contribution in [2.24, 2.45) is 17.6 Å². The number of carbonyl (C=O) groups excluding carboxylic acids is 1. The zero-order chi connectivity index (χ0) is 22.1. The first-order chi connectivity index (χ1) is 14.2. The summed E-state index contributed by atoms with van der Waals surface area (Å²) in [5.74, 6) is 1.84. The molecular formula is C25H38N2O3. The number of nitrogens with two attached hydrogens (primary N) is 1. The first-order valence-electron chi connectivity index (χ1n) is 11.5. The number of benzene rings is 1. The Bertz CT molecular complexity index is 815. The minimum Gasteiger partial charge on any atom is -0.507 e. The number of rotatable bonds is 7. The Hall–Kier alpha value is -2.01. The molecule has 1 amide bonds. The van der Waals surface area contributed by atoms with Crippen LogP contribution in [0.15, 0.2) is 18.3 Å². The van der Waals surface area contributed by atoms with Crippen LogP contribution in [0.1, 0.15) is 83.8 Å². The molecule has 1 aromatic rings. The number of nitrogens with zero attached hydrogens (tertiary/aromatic N) is 1. The summed E-state index contributed by atoms with van der Waals surface area (Å²) in [6.45, 7) is 11.5. The lowest BCUT2D eigenvalue weighted by atomic mass is 9.74. The highest BCUT2D eigenvalue weighted by Crippen LogP contribution is 2.52. The van der Waals surface area contributed by atoms with E-state index >= 15 is 0 Å². The van der Waals surface area contributed by atoms with Crippen LogP contribution in [-0.4, -0.2) is 34.6 Å². The van der Waals surface area contributed by atoms with Crippen LogP contribution in [0.3, 0.4) is 0 Å². The van der Waals surface area contributed by atoms with Gasteiger partial charge in [0.2, 0.25) is 5.91 Å². The minimum absolute atomic E-state index is 0.0143. The largest absolute Gasteiger partial charge is 0.507 e. The summed E-state index contributed by atoms with van der Waals surface area (Å²) < 4.78 is 6.43. The summed E-state index contributed by atoms with van der Waals surface area (Å²) in [4.78, 5) is 13.9. The molecule has 3 unspecified atom stereocenters. The van der Waals surface area contributed by atoms with Crippen molar-refractivity contribution >= 4 is 11.5 Å². The molecule has 0 aliphatic carbocycles. The Morgan fingerprint density at radius 2 is 2.07 bits per heavy atom. The maximum Gasteiger partial charge on any atom is 0.240 e. The van der Waals surface area contributed by atoms with Crippen LogP contribution >= 0.6 is 0 Å². The summed E-state index contributed by atoms with van der Waals surface area (Å²) in [5.41, 5.74) is 7.98. The van der Waals surface area contributed by atoms with Gasteiger partial charge in [0.05, 0.1) is 12.1 Å². The number of phenolic OH excluding ortho intramolecular Hbond substituents is 1. The van der Waals surface area contributed by atoms with Crippen molar-refractivity contribution in [3.05, 3.63) is 29.5 Å². The third-order valence-electron chi connectivity index (χ3n) is 7.07. The van der Waals surface area contributed by atoms with Crippen molar-refractivity contribution in [2.45, 2.75) is 78.2 Å². The third kappa shape index (κ3) is 4.36. The van der Waals surface area contributed by atoms with Crippen LogP contribution in [0.2, 0.25) is 0 Å². The molecule has 166 valence electrons. The van der Waals surface area contributed by atoms with E-state index < -0.39 is 5.60 Å². The highest BCUT2D eigenvalue weighted by Gasteiger charge is 2.44. The monoisotopic (exact) mass is 414 g/mol. The number of fused-ring (bicyclic) bond motifs is 3. The van der Waals surface area contributed by atoms with Crippen LogP contribution in [0, 0.1) is 11.8 Å². The second-order valence-corrected chi connectivity index (χ2v) is 9.60. The van der Waals surface area contributed by atoms with E-state index in [2.05, 4.69) is 40.7 Å². The molecule has 0 radical (unpaired) electrons. The Morgan fingerprint density at radius 3 is 2.73 bits per heavy atom. The first kappa shape index (κ1) is 22.7. The van der Waals surface area contributed by atoms with E-state index in [1.807, 2.05) is 12.3 Å². The van der Waals surface area contributed by atoms with Gasteiger partial charge >= 0.3 is 0 Å². The number of hydrogen-bond donors (Lipinski definition) is 2. The van der Waals surface area contributed by atoms with E-state index in [1.165, 1.54) is 25.7 Å². The molecule has 0 aromatic heterocycles. The van der Waals surface area contributed by atoms with Crippen molar-refractivity contribution in [1.82, 2.24) is 4.90 Å². The topological polar surface area (TPSA) is 75.8 Å². The number of phenols is 1. The lowest BCUT2D eigenvalue weighted by Crippen LogP contribution is -2.47. The van der Waals surface area contributed by atoms with Gasteiger partial charge in [0, 0.05) is 18.7 Å². The van der Waals surface area contributed by atoms with Gasteiger partial charge in [-0.05, 0) is 55.4 Å². The molecule has 2 aliphatic heterocycles. The molecule has 0 saturated carbocycles. The molecule has 0 bridgehead atoms. The molecule has 2 aliphatic rings. The van der Waals surface area contributed by atoms with Crippen LogP contribution in [0.25, 0.3) is 5.57 Å². The number of unbranched alkanes of at least 4 members (excludes halogenated alkanes) is 2. The number of amides is 1. The second-order valence-electron chi connectivity index (χ2n) is 9.60. The molecule has 3 N–H and O–H groups in total. The minimum atomic E-state index is -0.405. The molecule has 5 heteroatoms. The summed E-state index contributed by atoms with van der Waals surface area (Å²) in [6, 6.07) is 3.99. The molecule has 0 spiro atoms. The molecule has 1 aromatic carbocycles. The molecule has 0 fully saturated rings. The third-order valence-corrected chi connectivity index (χ3v) is 7.07. The smallest absolute Gasteiger partial charge is 0.240 e. The zero-order valence-electron chi connectivity index (χ0n) is 19.2. The van der Waals surface area contributed by atoms with Gasteiger partial charge in [0.1, 0.15) is 17.1 Å². The molecule has 30 heavy (non-hydrogen) atoms. The average Bonchev–Trinajstić information content (AvgIpc) is 2.71. The van der Waals surface area contributed by atoms with Crippen molar-refractivity contribution in [3.8, 4) is 11.5 Å². The van der Waals surface area contributed by atoms with Gasteiger partial charge in [-0.1, -0.05) is 46.5 Å². The summed E-state index contributed by atoms with van der Waals surface area (Å²) >= 11 is 0. The average molecular weight is 415 g/mol. The Morgan fingerprint density at radius 1 is 1.33 bits per heavy atom. The molecule has 2 heterocycles. The van der Waals surface area contributed by atoms with Gasteiger partial charge in [0.15, 0.2) is 0 Å². The summed E-state index contributed by atoms with van der Waals surface area (Å²) in [6.07, 6.45) is 7.57. The molecule has 5 nitrogen and oxygen atoms in total. The van der Waals surface area contributed by atoms with E-state index in [0.717, 1.165) is 23.1 Å². The number of aromatic hydroxyl groups is 1. The van der Waals surface area contributed by atoms with Crippen LogP contribution in [-0.2, 0) is 4.79 Å². The molecule has 0 saturated heterocycles. The Labute approximate surface area is 181 Å². The predicted molar refractivity (Wildman–Crippen MR) is 121 cm³/mol. The predicted octanol–water partition coefficient (Wildman–Crippen LogP) is 5.03. The van der Waals surface area contributed by atoms with Crippen LogP contribution in [0.4, 0.5) is 0 Å². The van der Waals surface area contributed by atoms with Crippen molar-refractivity contribution in [3.63, 3.8) is 0 Å². The van der Waals surface area contributed by atoms with Gasteiger partial charge in [-0.25, -0.2) is 0 Å². The van der Waals surface area contributed by atoms with E-state index in [9.17, 15) is 9.90 Å². The SMILES string of the molecule is CCCCCC(C)C(C)c1cc(O)c2c(c1)OC(C)(C)C1CCN(C(=O)CN)C=C21. The fraction of sp³-hybridized carbons (Fsp3) is 0.640. The lowest BCUT2D eigenvalue weighted by Gasteiger charge is -2.45. The van der Waals surface area contributed by atoms with Gasteiger partial charge in [-0.15, -0.1) is 0 Å².